The van der Waals surface area contributed by atoms with Gasteiger partial charge >= 0.3 is 0 Å². The van der Waals surface area contributed by atoms with Crippen LogP contribution in [0.2, 0.25) is 0 Å². The Morgan fingerprint density at radius 2 is 1.84 bits per heavy atom. The molecule has 2 aromatic rings. The van der Waals surface area contributed by atoms with Gasteiger partial charge in [-0.05, 0) is 11.6 Å². The van der Waals surface area contributed by atoms with Crippen LogP contribution in [0.15, 0.2) is 36.4 Å². The third-order valence-electron chi connectivity index (χ3n) is 2.77. The van der Waals surface area contributed by atoms with Crippen molar-refractivity contribution in [2.75, 3.05) is 5.73 Å². The summed E-state index contributed by atoms with van der Waals surface area (Å²) in [6.07, 6.45) is 0. The highest BCUT2D eigenvalue weighted by Gasteiger charge is 2.16. The first-order chi connectivity index (χ1) is 9.09. The highest BCUT2D eigenvalue weighted by molar-refractivity contribution is 15.0. The quantitative estimate of drug-likeness (QED) is 0.616. The zero-order valence-electron chi connectivity index (χ0n) is 10.3. The number of anilines is 1. The number of rotatable bonds is 3. The van der Waals surface area contributed by atoms with Gasteiger partial charge in [0.2, 0.25) is 0 Å². The van der Waals surface area contributed by atoms with Crippen LogP contribution in [0, 0.1) is 0 Å². The maximum Gasteiger partial charge on any atom is 0.251 e. The van der Waals surface area contributed by atoms with Crippen molar-refractivity contribution in [3.05, 3.63) is 52.4 Å². The number of amides is 1. The van der Waals surface area contributed by atoms with E-state index >= 15 is 0 Å². The van der Waals surface area contributed by atoms with Crippen molar-refractivity contribution in [2.45, 2.75) is 12.8 Å². The summed E-state index contributed by atoms with van der Waals surface area (Å²) in [5.74, 6) is -0.248. The maximum absolute atomic E-state index is 11.1. The van der Waals surface area contributed by atoms with Crippen LogP contribution < -0.4 is 11.5 Å². The van der Waals surface area contributed by atoms with Gasteiger partial charge in [-0.1, -0.05) is 37.3 Å². The van der Waals surface area contributed by atoms with Gasteiger partial charge in [-0.2, -0.15) is 0 Å². The number of halogens is 2. The van der Waals surface area contributed by atoms with Gasteiger partial charge in [-0.3, -0.25) is 4.79 Å². The molecule has 1 aromatic heterocycles. The van der Waals surface area contributed by atoms with Gasteiger partial charge in [-0.15, -0.1) is 11.3 Å². The van der Waals surface area contributed by atoms with Gasteiger partial charge in [0.25, 0.3) is 5.91 Å². The molecule has 0 saturated carbocycles. The molecule has 2 rings (SSSR count). The van der Waals surface area contributed by atoms with Crippen LogP contribution in [0.3, 0.4) is 0 Å². The summed E-state index contributed by atoms with van der Waals surface area (Å²) < 4.78 is 0. The molecule has 4 N–H and O–H groups in total. The second-order valence-electron chi connectivity index (χ2n) is 3.92. The number of carbonyl (C=O) groups is 1. The van der Waals surface area contributed by atoms with Crippen LogP contribution in [-0.2, 0) is 0 Å². The average Bonchev–Trinajstić information content (AvgIpc) is 2.83. The van der Waals surface area contributed by atoms with E-state index in [2.05, 4.69) is 56.3 Å². The number of hydrogen-bond donors (Lipinski definition) is 2. The number of benzene rings is 1. The Hall–Kier alpha value is -0.350. The minimum Gasteiger partial charge on any atom is -0.390 e. The Bertz CT molecular complexity index is 543. The van der Waals surface area contributed by atoms with Crippen LogP contribution >= 0.6 is 48.6 Å². The predicted molar refractivity (Wildman–Crippen MR) is 99.2 cm³/mol. The van der Waals surface area contributed by atoms with Crippen molar-refractivity contribution in [3.8, 4) is 0 Å². The van der Waals surface area contributed by atoms with Crippen LogP contribution in [0.25, 0.3) is 0 Å². The number of hydrogen-bond acceptors (Lipinski definition) is 3. The van der Waals surface area contributed by atoms with E-state index in [0.29, 0.717) is 10.6 Å². The van der Waals surface area contributed by atoms with Gasteiger partial charge in [0.1, 0.15) is 0 Å². The minimum absolute atomic E-state index is 0.219. The second-order valence-corrected chi connectivity index (χ2v) is 5.04. The normalized spacial score (nSPS) is 11.3. The van der Waals surface area contributed by atoms with Crippen molar-refractivity contribution < 1.29 is 4.79 Å². The lowest BCUT2D eigenvalue weighted by molar-refractivity contribution is 0.100. The Labute approximate surface area is 140 Å². The smallest absolute Gasteiger partial charge is 0.251 e. The van der Waals surface area contributed by atoms with E-state index < -0.39 is 5.91 Å². The van der Waals surface area contributed by atoms with Crippen molar-refractivity contribution in [3.63, 3.8) is 0 Å². The summed E-state index contributed by atoms with van der Waals surface area (Å²) in [6, 6.07) is 11.9. The Morgan fingerprint density at radius 1 is 1.26 bits per heavy atom. The lowest BCUT2D eigenvalue weighted by atomic mass is 9.99. The van der Waals surface area contributed by atoms with Crippen LogP contribution in [0.5, 0.6) is 0 Å². The van der Waals surface area contributed by atoms with Crippen LogP contribution in [0.4, 0.5) is 5.00 Å². The zero-order chi connectivity index (χ0) is 14.4. The molecule has 1 atom stereocenters. The molecular weight excluding hydrogens is 486 g/mol. The Balaban J connectivity index is 0.000000861. The van der Waals surface area contributed by atoms with E-state index in [-0.39, 0.29) is 5.92 Å². The van der Waals surface area contributed by atoms with Gasteiger partial charge in [0.15, 0.2) is 0 Å². The second kappa shape index (κ2) is 8.05. The molecule has 1 aromatic carbocycles. The fraction of sp³-hybridized carbons (Fsp3) is 0.154. The summed E-state index contributed by atoms with van der Waals surface area (Å²) in [5, 5.41) is 0.496. The number of nitrogens with two attached hydrogens (primary N) is 2. The molecule has 102 valence electrons. The molecule has 0 bridgehead atoms. The molecule has 6 heteroatoms. The van der Waals surface area contributed by atoms with Crippen molar-refractivity contribution in [1.29, 1.82) is 0 Å². The molecule has 1 amide bonds. The van der Waals surface area contributed by atoms with Gasteiger partial charge in [0.05, 0.1) is 10.6 Å². The Morgan fingerprint density at radius 3 is 2.32 bits per heavy atom. The highest BCUT2D eigenvalue weighted by Crippen LogP contribution is 2.33. The molecule has 0 fully saturated rings. The number of nitrogen functional groups attached to an aromatic ring is 1. The molecule has 0 aliphatic heterocycles. The van der Waals surface area contributed by atoms with Crippen molar-refractivity contribution >= 4 is 59.5 Å². The molecule has 0 aliphatic rings. The SMILES string of the molecule is CC(c1ccccc1)c1cc(C(N)=O)c(N)s1.II. The number of primary amides is 1. The van der Waals surface area contributed by atoms with Crippen LogP contribution in [-0.4, -0.2) is 5.91 Å². The summed E-state index contributed by atoms with van der Waals surface area (Å²) in [6.45, 7) is 2.09. The lowest BCUT2D eigenvalue weighted by Crippen LogP contribution is -2.11. The van der Waals surface area contributed by atoms with E-state index in [1.54, 1.807) is 6.07 Å². The van der Waals surface area contributed by atoms with Gasteiger partial charge in [0, 0.05) is 48.0 Å². The van der Waals surface area contributed by atoms with E-state index in [0.717, 1.165) is 4.88 Å². The molecule has 0 radical (unpaired) electrons. The van der Waals surface area contributed by atoms with E-state index in [1.165, 1.54) is 16.9 Å². The minimum atomic E-state index is -0.467. The van der Waals surface area contributed by atoms with Crippen LogP contribution in [0.1, 0.15) is 33.6 Å². The fourth-order valence-electron chi connectivity index (χ4n) is 1.74. The third-order valence-corrected chi connectivity index (χ3v) is 3.92. The van der Waals surface area contributed by atoms with Crippen molar-refractivity contribution in [1.82, 2.24) is 0 Å². The first-order valence-electron chi connectivity index (χ1n) is 5.48. The largest absolute Gasteiger partial charge is 0.390 e. The first kappa shape index (κ1) is 16.7. The summed E-state index contributed by atoms with van der Waals surface area (Å²) in [7, 11) is 0. The highest BCUT2D eigenvalue weighted by atomic mass is 128. The number of thiophene rings is 1. The molecule has 3 nitrogen and oxygen atoms in total. The van der Waals surface area contributed by atoms with Gasteiger partial charge < -0.3 is 11.5 Å². The lowest BCUT2D eigenvalue weighted by Gasteiger charge is -2.08. The summed E-state index contributed by atoms with van der Waals surface area (Å²) in [5.41, 5.74) is 12.7. The molecule has 1 unspecified atom stereocenters. The number of carbonyl (C=O) groups excluding carboxylic acids is 1. The molecule has 0 spiro atoms. The molecule has 19 heavy (non-hydrogen) atoms. The van der Waals surface area contributed by atoms with Crippen molar-refractivity contribution in [2.24, 2.45) is 5.73 Å². The molecule has 0 saturated heterocycles. The first-order valence-corrected chi connectivity index (χ1v) is 12.6. The fourth-order valence-corrected chi connectivity index (χ4v) is 2.75. The maximum atomic E-state index is 11.1. The third kappa shape index (κ3) is 4.32. The van der Waals surface area contributed by atoms with E-state index in [9.17, 15) is 4.79 Å². The van der Waals surface area contributed by atoms with E-state index in [4.69, 9.17) is 11.5 Å². The zero-order valence-corrected chi connectivity index (χ0v) is 15.4. The Kier molecular flexibility index (Phi) is 7.08. The topological polar surface area (TPSA) is 69.1 Å². The molecule has 1 heterocycles. The monoisotopic (exact) mass is 500 g/mol. The summed E-state index contributed by atoms with van der Waals surface area (Å²) in [4.78, 5) is 12.2. The molecular formula is C13H14I2N2OS. The molecule has 0 aliphatic carbocycles. The van der Waals surface area contributed by atoms with Gasteiger partial charge in [-0.25, -0.2) is 0 Å². The average molecular weight is 500 g/mol. The standard InChI is InChI=1S/C13H14N2OS.I2/c1-8(9-5-3-2-4-6-9)11-7-10(12(14)16)13(15)17-11;1-2/h2-8H,15H2,1H3,(H2,14,16);. The summed E-state index contributed by atoms with van der Waals surface area (Å²) >= 11 is 5.66. The van der Waals surface area contributed by atoms with E-state index in [1.807, 2.05) is 18.2 Å². The predicted octanol–water partition coefficient (Wildman–Crippen LogP) is 4.35.